The second-order valence-electron chi connectivity index (χ2n) is 5.16. The molecule has 2 unspecified atom stereocenters. The average molecular weight is 330 g/mol. The zero-order chi connectivity index (χ0) is 14.4. The summed E-state index contributed by atoms with van der Waals surface area (Å²) in [5, 5.41) is 0. The van der Waals surface area contributed by atoms with Gasteiger partial charge < -0.3 is 15.2 Å². The topological polar surface area (TPSA) is 44.5 Å². The van der Waals surface area contributed by atoms with Gasteiger partial charge in [-0.15, -0.1) is 0 Å². The van der Waals surface area contributed by atoms with Gasteiger partial charge in [-0.1, -0.05) is 26.8 Å². The Labute approximate surface area is 124 Å². The number of hydrogen-bond donors (Lipinski definition) is 1. The average Bonchev–Trinajstić information content (AvgIpc) is 2.39. The fourth-order valence-electron chi connectivity index (χ4n) is 1.79. The molecule has 108 valence electrons. The first-order valence-electron chi connectivity index (χ1n) is 6.64. The van der Waals surface area contributed by atoms with Crippen LogP contribution < -0.4 is 10.5 Å². The fraction of sp³-hybridized carbons (Fsp3) is 0.600. The number of hydrogen-bond acceptors (Lipinski definition) is 3. The van der Waals surface area contributed by atoms with E-state index < -0.39 is 0 Å². The van der Waals surface area contributed by atoms with Crippen molar-refractivity contribution in [2.45, 2.75) is 26.8 Å². The van der Waals surface area contributed by atoms with Gasteiger partial charge >= 0.3 is 0 Å². The van der Waals surface area contributed by atoms with Crippen molar-refractivity contribution in [2.24, 2.45) is 17.6 Å². The van der Waals surface area contributed by atoms with E-state index in [-0.39, 0.29) is 6.04 Å². The summed E-state index contributed by atoms with van der Waals surface area (Å²) >= 11 is 3.53. The predicted molar refractivity (Wildman–Crippen MR) is 82.4 cm³/mol. The maximum Gasteiger partial charge on any atom is 0.133 e. The number of ether oxygens (including phenoxy) is 2. The molecule has 0 heterocycles. The van der Waals surface area contributed by atoms with E-state index in [1.165, 1.54) is 0 Å². The Bertz CT molecular complexity index is 396. The molecule has 4 heteroatoms. The first-order chi connectivity index (χ1) is 8.97. The van der Waals surface area contributed by atoms with Crippen LogP contribution in [-0.2, 0) is 4.74 Å². The van der Waals surface area contributed by atoms with Gasteiger partial charge in [0.25, 0.3) is 0 Å². The molecule has 0 aliphatic rings. The molecule has 0 saturated heterocycles. The van der Waals surface area contributed by atoms with Crippen LogP contribution >= 0.6 is 15.9 Å². The van der Waals surface area contributed by atoms with Crippen LogP contribution in [0.3, 0.4) is 0 Å². The summed E-state index contributed by atoms with van der Waals surface area (Å²) in [6.07, 6.45) is 0. The van der Waals surface area contributed by atoms with Gasteiger partial charge in [0.05, 0.1) is 11.1 Å². The molecule has 0 aliphatic carbocycles. The maximum absolute atomic E-state index is 6.30. The highest BCUT2D eigenvalue weighted by Gasteiger charge is 2.18. The fourth-order valence-corrected chi connectivity index (χ4v) is 2.31. The molecule has 3 nitrogen and oxygen atoms in total. The van der Waals surface area contributed by atoms with Gasteiger partial charge in [-0.05, 0) is 45.5 Å². The van der Waals surface area contributed by atoms with Crippen molar-refractivity contribution in [3.63, 3.8) is 0 Å². The molecular weight excluding hydrogens is 306 g/mol. The lowest BCUT2D eigenvalue weighted by molar-refractivity contribution is 0.146. The van der Waals surface area contributed by atoms with Crippen LogP contribution in [-0.4, -0.2) is 20.3 Å². The molecule has 0 spiro atoms. The highest BCUT2D eigenvalue weighted by Crippen LogP contribution is 2.31. The van der Waals surface area contributed by atoms with Crippen molar-refractivity contribution in [1.29, 1.82) is 0 Å². The molecule has 0 radical (unpaired) electrons. The highest BCUT2D eigenvalue weighted by atomic mass is 79.9. The Morgan fingerprint density at radius 1 is 1.21 bits per heavy atom. The predicted octanol–water partition coefficient (Wildman–Crippen LogP) is 3.77. The third-order valence-electron chi connectivity index (χ3n) is 3.50. The number of halogens is 1. The van der Waals surface area contributed by atoms with E-state index in [1.807, 2.05) is 18.2 Å². The molecule has 1 aromatic carbocycles. The van der Waals surface area contributed by atoms with Crippen molar-refractivity contribution in [3.8, 4) is 5.75 Å². The molecule has 2 N–H and O–H groups in total. The van der Waals surface area contributed by atoms with E-state index in [9.17, 15) is 0 Å². The summed E-state index contributed by atoms with van der Waals surface area (Å²) in [5.41, 5.74) is 7.43. The molecule has 19 heavy (non-hydrogen) atoms. The van der Waals surface area contributed by atoms with Crippen LogP contribution in [0.5, 0.6) is 5.75 Å². The third-order valence-corrected chi connectivity index (χ3v) is 4.12. The van der Waals surface area contributed by atoms with E-state index in [0.29, 0.717) is 25.0 Å². The number of rotatable bonds is 7. The SMILES string of the molecule is COCCOc1ccc(C(N)C(C)C(C)C)cc1Br. The van der Waals surface area contributed by atoms with Crippen molar-refractivity contribution in [3.05, 3.63) is 28.2 Å². The molecular formula is C15H24BrNO2. The standard InChI is InChI=1S/C15H24BrNO2/c1-10(2)11(3)15(17)12-5-6-14(13(16)9-12)19-8-7-18-4/h5-6,9-11,15H,7-8,17H2,1-4H3. The Morgan fingerprint density at radius 3 is 2.42 bits per heavy atom. The summed E-state index contributed by atoms with van der Waals surface area (Å²) in [7, 11) is 1.66. The van der Waals surface area contributed by atoms with Gasteiger partial charge in [0.1, 0.15) is 12.4 Å². The normalized spacial score (nSPS) is 14.5. The molecule has 0 aromatic heterocycles. The van der Waals surface area contributed by atoms with Crippen LogP contribution in [0.2, 0.25) is 0 Å². The molecule has 1 aromatic rings. The molecule has 0 bridgehead atoms. The summed E-state index contributed by atoms with van der Waals surface area (Å²) in [4.78, 5) is 0. The van der Waals surface area contributed by atoms with Gasteiger partial charge in [0.2, 0.25) is 0 Å². The van der Waals surface area contributed by atoms with Gasteiger partial charge in [0, 0.05) is 13.2 Å². The van der Waals surface area contributed by atoms with Crippen molar-refractivity contribution in [1.82, 2.24) is 0 Å². The Kier molecular flexibility index (Phi) is 6.83. The Hall–Kier alpha value is -0.580. The van der Waals surface area contributed by atoms with Gasteiger partial charge in [-0.2, -0.15) is 0 Å². The molecule has 0 aliphatic heterocycles. The minimum absolute atomic E-state index is 0.0457. The lowest BCUT2D eigenvalue weighted by atomic mass is 9.87. The molecule has 0 fully saturated rings. The quantitative estimate of drug-likeness (QED) is 0.774. The number of nitrogens with two attached hydrogens (primary N) is 1. The highest BCUT2D eigenvalue weighted by molar-refractivity contribution is 9.10. The minimum Gasteiger partial charge on any atom is -0.490 e. The second-order valence-corrected chi connectivity index (χ2v) is 6.01. The second kappa shape index (κ2) is 7.88. The van der Waals surface area contributed by atoms with Crippen LogP contribution in [0, 0.1) is 11.8 Å². The monoisotopic (exact) mass is 329 g/mol. The van der Waals surface area contributed by atoms with Gasteiger partial charge in [-0.3, -0.25) is 0 Å². The van der Waals surface area contributed by atoms with E-state index >= 15 is 0 Å². The van der Waals surface area contributed by atoms with Crippen molar-refractivity contribution in [2.75, 3.05) is 20.3 Å². The summed E-state index contributed by atoms with van der Waals surface area (Å²) in [5.74, 6) is 1.82. The lowest BCUT2D eigenvalue weighted by Gasteiger charge is -2.24. The Morgan fingerprint density at radius 2 is 1.89 bits per heavy atom. The number of methoxy groups -OCH3 is 1. The minimum atomic E-state index is 0.0457. The zero-order valence-corrected chi connectivity index (χ0v) is 13.7. The lowest BCUT2D eigenvalue weighted by Crippen LogP contribution is -2.23. The van der Waals surface area contributed by atoms with E-state index in [4.69, 9.17) is 15.2 Å². The summed E-state index contributed by atoms with van der Waals surface area (Å²) < 4.78 is 11.5. The van der Waals surface area contributed by atoms with E-state index in [0.717, 1.165) is 15.8 Å². The third kappa shape index (κ3) is 4.79. The molecule has 1 rings (SSSR count). The van der Waals surface area contributed by atoms with Crippen molar-refractivity contribution >= 4 is 15.9 Å². The van der Waals surface area contributed by atoms with Crippen LogP contribution in [0.1, 0.15) is 32.4 Å². The van der Waals surface area contributed by atoms with Gasteiger partial charge in [-0.25, -0.2) is 0 Å². The smallest absolute Gasteiger partial charge is 0.133 e. The first kappa shape index (κ1) is 16.5. The van der Waals surface area contributed by atoms with Gasteiger partial charge in [0.15, 0.2) is 0 Å². The van der Waals surface area contributed by atoms with Crippen molar-refractivity contribution < 1.29 is 9.47 Å². The molecule has 2 atom stereocenters. The van der Waals surface area contributed by atoms with E-state index in [2.05, 4.69) is 36.7 Å². The Balaban J connectivity index is 2.75. The number of benzene rings is 1. The summed E-state index contributed by atoms with van der Waals surface area (Å²) in [6, 6.07) is 6.09. The first-order valence-corrected chi connectivity index (χ1v) is 7.43. The largest absolute Gasteiger partial charge is 0.490 e. The summed E-state index contributed by atoms with van der Waals surface area (Å²) in [6.45, 7) is 7.71. The van der Waals surface area contributed by atoms with E-state index in [1.54, 1.807) is 7.11 Å². The molecule has 0 amide bonds. The zero-order valence-electron chi connectivity index (χ0n) is 12.2. The van der Waals surface area contributed by atoms with Crippen LogP contribution in [0.4, 0.5) is 0 Å². The molecule has 0 saturated carbocycles. The van der Waals surface area contributed by atoms with Crippen LogP contribution in [0.15, 0.2) is 22.7 Å². The van der Waals surface area contributed by atoms with Crippen LogP contribution in [0.25, 0.3) is 0 Å². The maximum atomic E-state index is 6.30.